The average molecular weight is 336 g/mol. The lowest BCUT2D eigenvalue weighted by atomic mass is 9.86. The zero-order chi connectivity index (χ0) is 15.4. The Morgan fingerprint density at radius 1 is 1.00 bits per heavy atom. The Bertz CT molecular complexity index is 819. The van der Waals surface area contributed by atoms with Gasteiger partial charge in [-0.05, 0) is 51.7 Å². The Kier molecular flexibility index (Phi) is 4.39. The Labute approximate surface area is 131 Å². The molecule has 2 aromatic rings. The van der Waals surface area contributed by atoms with Crippen LogP contribution in [0.15, 0.2) is 40.9 Å². The van der Waals surface area contributed by atoms with Crippen LogP contribution in [-0.2, 0) is 0 Å². The first-order valence-electron chi connectivity index (χ1n) is 6.21. The predicted molar refractivity (Wildman–Crippen MR) is 82.2 cm³/mol. The summed E-state index contributed by atoms with van der Waals surface area (Å²) in [5.41, 5.74) is 3.07. The summed E-state index contributed by atoms with van der Waals surface area (Å²) in [5.74, 6) is -0.647. The Morgan fingerprint density at radius 2 is 1.71 bits per heavy atom. The maximum atomic E-state index is 9.57. The highest BCUT2D eigenvalue weighted by Crippen LogP contribution is 2.33. The smallest absolute Gasteiger partial charge is 0.101 e. The molecule has 0 saturated carbocycles. The van der Waals surface area contributed by atoms with E-state index >= 15 is 0 Å². The molecule has 0 aromatic heterocycles. The van der Waals surface area contributed by atoms with Crippen molar-refractivity contribution in [2.45, 2.75) is 12.8 Å². The average Bonchev–Trinajstić information content (AvgIpc) is 2.48. The molecule has 0 aliphatic rings. The van der Waals surface area contributed by atoms with Crippen LogP contribution in [0.4, 0.5) is 0 Å². The zero-order valence-corrected chi connectivity index (χ0v) is 12.8. The fraction of sp³-hybridized carbons (Fsp3) is 0.118. The zero-order valence-electron chi connectivity index (χ0n) is 11.3. The van der Waals surface area contributed by atoms with Crippen molar-refractivity contribution in [2.75, 3.05) is 0 Å². The van der Waals surface area contributed by atoms with Crippen LogP contribution in [0.25, 0.3) is 0 Å². The van der Waals surface area contributed by atoms with Gasteiger partial charge in [-0.25, -0.2) is 0 Å². The van der Waals surface area contributed by atoms with Gasteiger partial charge in [0.2, 0.25) is 0 Å². The quantitative estimate of drug-likeness (QED) is 0.827. The van der Waals surface area contributed by atoms with Crippen molar-refractivity contribution in [3.05, 3.63) is 68.7 Å². The Morgan fingerprint density at radius 3 is 2.33 bits per heavy atom. The molecule has 3 nitrogen and oxygen atoms in total. The van der Waals surface area contributed by atoms with Crippen molar-refractivity contribution in [2.24, 2.45) is 0 Å². The van der Waals surface area contributed by atoms with E-state index in [9.17, 15) is 15.8 Å². The number of benzene rings is 2. The third-order valence-electron chi connectivity index (χ3n) is 3.21. The van der Waals surface area contributed by atoms with E-state index in [0.717, 1.165) is 5.56 Å². The summed E-state index contributed by atoms with van der Waals surface area (Å²) in [6, 6.07) is 17.1. The fourth-order valence-corrected chi connectivity index (χ4v) is 2.95. The van der Waals surface area contributed by atoms with Gasteiger partial charge in [-0.3, -0.25) is 0 Å². The number of nitrogens with zero attached hydrogens (tertiary/aromatic N) is 3. The lowest BCUT2D eigenvalue weighted by Crippen LogP contribution is -2.04. The molecule has 1 atom stereocenters. The van der Waals surface area contributed by atoms with Gasteiger partial charge in [0, 0.05) is 4.47 Å². The van der Waals surface area contributed by atoms with E-state index in [1.807, 2.05) is 19.1 Å². The molecule has 0 N–H and O–H groups in total. The lowest BCUT2D eigenvalue weighted by molar-refractivity contribution is 1.02. The first-order chi connectivity index (χ1) is 10.1. The summed E-state index contributed by atoms with van der Waals surface area (Å²) in [6.45, 7) is 1.90. The van der Waals surface area contributed by atoms with Gasteiger partial charge in [0.05, 0.1) is 29.2 Å². The van der Waals surface area contributed by atoms with Crippen LogP contribution in [0.1, 0.15) is 33.7 Å². The van der Waals surface area contributed by atoms with Crippen LogP contribution in [0.5, 0.6) is 0 Å². The highest BCUT2D eigenvalue weighted by Gasteiger charge is 2.21. The largest absolute Gasteiger partial charge is 0.197 e. The summed E-state index contributed by atoms with van der Waals surface area (Å²) >= 11 is 3.37. The van der Waals surface area contributed by atoms with Crippen molar-refractivity contribution >= 4 is 15.9 Å². The number of hydrogen-bond acceptors (Lipinski definition) is 3. The third kappa shape index (κ3) is 2.79. The van der Waals surface area contributed by atoms with Gasteiger partial charge in [-0.15, -0.1) is 0 Å². The molecular weight excluding hydrogens is 326 g/mol. The topological polar surface area (TPSA) is 71.4 Å². The predicted octanol–water partition coefficient (Wildman–Crippen LogP) is 4.16. The van der Waals surface area contributed by atoms with Crippen molar-refractivity contribution in [1.82, 2.24) is 0 Å². The Balaban J connectivity index is 2.73. The van der Waals surface area contributed by atoms with Crippen molar-refractivity contribution in [3.63, 3.8) is 0 Å². The molecular formula is C17H10BrN3. The van der Waals surface area contributed by atoms with E-state index in [4.69, 9.17) is 0 Å². The van der Waals surface area contributed by atoms with Crippen molar-refractivity contribution in [3.8, 4) is 18.2 Å². The lowest BCUT2D eigenvalue weighted by Gasteiger charge is -2.15. The molecule has 0 heterocycles. The first kappa shape index (κ1) is 14.8. The van der Waals surface area contributed by atoms with Gasteiger partial charge in [-0.1, -0.05) is 24.3 Å². The van der Waals surface area contributed by atoms with Gasteiger partial charge >= 0.3 is 0 Å². The van der Waals surface area contributed by atoms with E-state index in [2.05, 4.69) is 34.1 Å². The van der Waals surface area contributed by atoms with Gasteiger partial charge in [0.15, 0.2) is 0 Å². The van der Waals surface area contributed by atoms with Crippen molar-refractivity contribution < 1.29 is 0 Å². The summed E-state index contributed by atoms with van der Waals surface area (Å²) in [6.07, 6.45) is 0. The van der Waals surface area contributed by atoms with E-state index < -0.39 is 5.92 Å². The number of halogens is 1. The number of aryl methyl sites for hydroxylation is 1. The molecule has 0 bridgehead atoms. The molecule has 2 aromatic carbocycles. The summed E-state index contributed by atoms with van der Waals surface area (Å²) in [5, 5.41) is 28.1. The number of nitriles is 3. The van der Waals surface area contributed by atoms with E-state index in [0.29, 0.717) is 26.7 Å². The maximum Gasteiger partial charge on any atom is 0.101 e. The second-order valence-corrected chi connectivity index (χ2v) is 5.44. The summed E-state index contributed by atoms with van der Waals surface area (Å²) in [4.78, 5) is 0. The molecule has 100 valence electrons. The van der Waals surface area contributed by atoms with Gasteiger partial charge < -0.3 is 0 Å². The van der Waals surface area contributed by atoms with Crippen LogP contribution >= 0.6 is 15.9 Å². The minimum absolute atomic E-state index is 0.430. The molecule has 0 aliphatic heterocycles. The summed E-state index contributed by atoms with van der Waals surface area (Å²) in [7, 11) is 0. The Hall–Kier alpha value is -2.61. The van der Waals surface area contributed by atoms with Crippen molar-refractivity contribution in [1.29, 1.82) is 15.8 Å². The molecule has 21 heavy (non-hydrogen) atoms. The fourth-order valence-electron chi connectivity index (χ4n) is 2.27. The molecule has 0 spiro atoms. The van der Waals surface area contributed by atoms with Crippen LogP contribution in [0, 0.1) is 40.9 Å². The minimum atomic E-state index is -0.647. The third-order valence-corrected chi connectivity index (χ3v) is 3.83. The molecule has 0 aliphatic carbocycles. The van der Waals surface area contributed by atoms with Crippen LogP contribution < -0.4 is 0 Å². The standard InChI is InChI=1S/C17H10BrN3/c1-11-6-14(16(10-21)17(18)7-11)15(9-20)13-5-3-2-4-12(13)8-19/h2-7,15H,1H3. The molecule has 0 saturated heterocycles. The maximum absolute atomic E-state index is 9.57. The van der Waals surface area contributed by atoms with Crippen LogP contribution in [0.2, 0.25) is 0 Å². The van der Waals surface area contributed by atoms with E-state index in [1.165, 1.54) is 0 Å². The van der Waals surface area contributed by atoms with Crippen LogP contribution in [0.3, 0.4) is 0 Å². The SMILES string of the molecule is Cc1cc(Br)c(C#N)c(C(C#N)c2ccccc2C#N)c1. The highest BCUT2D eigenvalue weighted by atomic mass is 79.9. The van der Waals surface area contributed by atoms with Gasteiger partial charge in [-0.2, -0.15) is 15.8 Å². The monoisotopic (exact) mass is 335 g/mol. The van der Waals surface area contributed by atoms with Crippen LogP contribution in [-0.4, -0.2) is 0 Å². The molecule has 2 rings (SSSR count). The van der Waals surface area contributed by atoms with Gasteiger partial charge in [0.25, 0.3) is 0 Å². The van der Waals surface area contributed by atoms with E-state index in [1.54, 1.807) is 24.3 Å². The van der Waals surface area contributed by atoms with Gasteiger partial charge in [0.1, 0.15) is 6.07 Å². The second kappa shape index (κ2) is 6.23. The molecule has 0 fully saturated rings. The normalized spacial score (nSPS) is 11.0. The van der Waals surface area contributed by atoms with E-state index in [-0.39, 0.29) is 0 Å². The summed E-state index contributed by atoms with van der Waals surface area (Å²) < 4.78 is 0.662. The minimum Gasteiger partial charge on any atom is -0.197 e. The molecule has 4 heteroatoms. The first-order valence-corrected chi connectivity index (χ1v) is 7.00. The second-order valence-electron chi connectivity index (χ2n) is 4.58. The number of hydrogen-bond donors (Lipinski definition) is 0. The highest BCUT2D eigenvalue weighted by molar-refractivity contribution is 9.10. The molecule has 0 amide bonds. The molecule has 0 radical (unpaired) electrons. The molecule has 1 unspecified atom stereocenters. The number of rotatable bonds is 2.